The van der Waals surface area contributed by atoms with Crippen molar-refractivity contribution in [2.75, 3.05) is 19.0 Å². The first-order chi connectivity index (χ1) is 17.4. The van der Waals surface area contributed by atoms with Gasteiger partial charge >= 0.3 is 5.97 Å². The zero-order chi connectivity index (χ0) is 27.3. The van der Waals surface area contributed by atoms with Crippen LogP contribution in [0.15, 0.2) is 42.7 Å². The van der Waals surface area contributed by atoms with Gasteiger partial charge in [0.25, 0.3) is 11.8 Å². The van der Waals surface area contributed by atoms with Crippen LogP contribution in [-0.4, -0.2) is 57.3 Å². The summed E-state index contributed by atoms with van der Waals surface area (Å²) in [4.78, 5) is 49.9. The molecule has 0 aliphatic carbocycles. The number of anilines is 1. The average molecular weight is 506 g/mol. The predicted molar refractivity (Wildman–Crippen MR) is 136 cm³/mol. The molecule has 0 fully saturated rings. The maximum absolute atomic E-state index is 13.2. The van der Waals surface area contributed by atoms with Gasteiger partial charge in [-0.15, -0.1) is 0 Å². The summed E-state index contributed by atoms with van der Waals surface area (Å²) < 4.78 is 5.15. The number of nitrogens with one attached hydrogen (secondary N) is 3. The third-order valence-corrected chi connectivity index (χ3v) is 5.03. The maximum Gasteiger partial charge on any atom is 0.336 e. The second-order valence-corrected chi connectivity index (χ2v) is 9.22. The van der Waals surface area contributed by atoms with Crippen molar-refractivity contribution in [3.63, 3.8) is 0 Å². The minimum Gasteiger partial charge on any atom is -0.481 e. The molecular weight excluding hydrogens is 478 g/mol. The molecule has 0 aliphatic rings. The number of benzene rings is 1. The van der Waals surface area contributed by atoms with Crippen molar-refractivity contribution in [2.24, 2.45) is 11.1 Å². The Morgan fingerprint density at radius 3 is 2.27 bits per heavy atom. The normalized spacial score (nSPS) is 10.9. The number of pyridine rings is 1. The summed E-state index contributed by atoms with van der Waals surface area (Å²) in [6.07, 6.45) is 2.55. The molecule has 0 saturated carbocycles. The molecule has 0 radical (unpaired) electrons. The fourth-order valence-corrected chi connectivity index (χ4v) is 3.21. The molecule has 12 heteroatoms. The number of hydrogen-bond acceptors (Lipinski definition) is 8. The molecule has 2 aromatic heterocycles. The van der Waals surface area contributed by atoms with E-state index in [0.29, 0.717) is 6.54 Å². The number of aromatic carboxylic acids is 1. The number of carbonyl (C=O) groups is 3. The van der Waals surface area contributed by atoms with Gasteiger partial charge < -0.3 is 26.2 Å². The van der Waals surface area contributed by atoms with Crippen LogP contribution in [0.2, 0.25) is 0 Å². The van der Waals surface area contributed by atoms with Crippen LogP contribution in [0.1, 0.15) is 57.8 Å². The lowest BCUT2D eigenvalue weighted by atomic mass is 9.95. The number of amidine groups is 1. The molecule has 6 N–H and O–H groups in total. The summed E-state index contributed by atoms with van der Waals surface area (Å²) in [5.41, 5.74) is 5.65. The molecule has 192 valence electrons. The fraction of sp³-hybridized carbons (Fsp3) is 0.240. The van der Waals surface area contributed by atoms with Crippen LogP contribution in [0.3, 0.4) is 0 Å². The lowest BCUT2D eigenvalue weighted by molar-refractivity contribution is 0.0697. The van der Waals surface area contributed by atoms with E-state index < -0.39 is 17.8 Å². The molecule has 2 heterocycles. The van der Waals surface area contributed by atoms with Crippen molar-refractivity contribution in [3.05, 3.63) is 65.4 Å². The molecule has 0 bridgehead atoms. The Labute approximate surface area is 212 Å². The van der Waals surface area contributed by atoms with Gasteiger partial charge in [-0.3, -0.25) is 15.0 Å². The first-order valence-electron chi connectivity index (χ1n) is 11.1. The van der Waals surface area contributed by atoms with Gasteiger partial charge in [-0.25, -0.2) is 19.7 Å². The van der Waals surface area contributed by atoms with Crippen molar-refractivity contribution in [3.8, 4) is 17.0 Å². The molecule has 0 spiro atoms. The highest BCUT2D eigenvalue weighted by Gasteiger charge is 2.23. The number of hydrogen-bond donors (Lipinski definition) is 5. The van der Waals surface area contributed by atoms with Crippen LogP contribution in [0.4, 0.5) is 5.69 Å². The highest BCUT2D eigenvalue weighted by Crippen LogP contribution is 2.30. The summed E-state index contributed by atoms with van der Waals surface area (Å²) >= 11 is 0. The summed E-state index contributed by atoms with van der Waals surface area (Å²) in [5.74, 6) is -2.58. The van der Waals surface area contributed by atoms with Crippen molar-refractivity contribution in [2.45, 2.75) is 20.8 Å². The zero-order valence-corrected chi connectivity index (χ0v) is 20.7. The number of amides is 2. The van der Waals surface area contributed by atoms with Crippen molar-refractivity contribution in [1.82, 2.24) is 20.3 Å². The number of nitrogens with zero attached hydrogens (tertiary/aromatic N) is 3. The molecule has 0 aliphatic heterocycles. The van der Waals surface area contributed by atoms with Crippen LogP contribution in [0, 0.1) is 10.8 Å². The third kappa shape index (κ3) is 6.63. The van der Waals surface area contributed by atoms with E-state index in [2.05, 4.69) is 25.6 Å². The van der Waals surface area contributed by atoms with Gasteiger partial charge in [0, 0.05) is 23.7 Å². The zero-order valence-electron chi connectivity index (χ0n) is 20.7. The van der Waals surface area contributed by atoms with Crippen LogP contribution in [0.25, 0.3) is 11.1 Å². The first kappa shape index (κ1) is 26.7. The number of nitrogens with two attached hydrogens (primary N) is 1. The molecule has 0 saturated heterocycles. The highest BCUT2D eigenvalue weighted by atomic mass is 16.5. The van der Waals surface area contributed by atoms with Gasteiger partial charge in [0.2, 0.25) is 5.88 Å². The van der Waals surface area contributed by atoms with E-state index in [1.165, 1.54) is 49.8 Å². The van der Waals surface area contributed by atoms with Gasteiger partial charge in [0.05, 0.1) is 30.8 Å². The Bertz CT molecular complexity index is 1360. The van der Waals surface area contributed by atoms with Crippen molar-refractivity contribution in [1.29, 1.82) is 5.41 Å². The molecule has 0 atom stereocenters. The Kier molecular flexibility index (Phi) is 7.81. The lowest BCUT2D eigenvalue weighted by Crippen LogP contribution is -2.32. The summed E-state index contributed by atoms with van der Waals surface area (Å²) in [6, 6.07) is 7.21. The van der Waals surface area contributed by atoms with E-state index >= 15 is 0 Å². The van der Waals surface area contributed by atoms with Crippen LogP contribution < -0.4 is 21.1 Å². The van der Waals surface area contributed by atoms with Gasteiger partial charge in [-0.2, -0.15) is 0 Å². The summed E-state index contributed by atoms with van der Waals surface area (Å²) in [7, 11) is 1.38. The third-order valence-electron chi connectivity index (χ3n) is 5.03. The molecule has 0 unspecified atom stereocenters. The van der Waals surface area contributed by atoms with E-state index in [1.54, 1.807) is 0 Å². The standard InChI is InChI=1S/C25H27N7O5/c1-25(2,3)12-30-22(33)13-5-6-15(17(9-13)24(35)36)16-7-8-18(37-4)32-19(16)23(34)31-14-10-28-21(20(26)27)29-11-14/h5-11H,12H2,1-4H3,(H3,26,27)(H,30,33)(H,31,34)(H,35,36). The summed E-state index contributed by atoms with van der Waals surface area (Å²) in [5, 5.41) is 22.7. The quantitative estimate of drug-likeness (QED) is 0.226. The Morgan fingerprint density at radius 2 is 1.70 bits per heavy atom. The SMILES string of the molecule is COc1ccc(-c2ccc(C(=O)NCC(C)(C)C)cc2C(=O)O)c(C(=O)Nc2cnc(C(=N)N)nc2)n1. The average Bonchev–Trinajstić information content (AvgIpc) is 2.86. The number of methoxy groups -OCH3 is 1. The molecule has 3 aromatic rings. The number of ether oxygens (including phenoxy) is 1. The molecule has 1 aromatic carbocycles. The molecular formula is C25H27N7O5. The number of nitrogen functional groups attached to an aromatic ring is 1. The monoisotopic (exact) mass is 505 g/mol. The predicted octanol–water partition coefficient (Wildman–Crippen LogP) is 2.56. The van der Waals surface area contributed by atoms with Crippen molar-refractivity contribution >= 4 is 29.3 Å². The second kappa shape index (κ2) is 10.8. The highest BCUT2D eigenvalue weighted by molar-refractivity contribution is 6.09. The molecule has 37 heavy (non-hydrogen) atoms. The Morgan fingerprint density at radius 1 is 1.05 bits per heavy atom. The minimum absolute atomic E-state index is 0.00378. The van der Waals surface area contributed by atoms with Crippen molar-refractivity contribution < 1.29 is 24.2 Å². The second-order valence-electron chi connectivity index (χ2n) is 9.22. The van der Waals surface area contributed by atoms with Gasteiger partial charge in [-0.05, 0) is 29.2 Å². The Hall–Kier alpha value is -4.87. The largest absolute Gasteiger partial charge is 0.481 e. The van der Waals surface area contributed by atoms with E-state index in [0.717, 1.165) is 0 Å². The number of carbonyl (C=O) groups excluding carboxylic acids is 2. The lowest BCUT2D eigenvalue weighted by Gasteiger charge is -2.19. The van der Waals surface area contributed by atoms with E-state index in [1.807, 2.05) is 20.8 Å². The van der Waals surface area contributed by atoms with Crippen LogP contribution >= 0.6 is 0 Å². The van der Waals surface area contributed by atoms with Gasteiger partial charge in [0.1, 0.15) is 5.69 Å². The number of carboxylic acids is 1. The van der Waals surface area contributed by atoms with E-state index in [-0.39, 0.29) is 56.6 Å². The van der Waals surface area contributed by atoms with E-state index in [4.69, 9.17) is 15.9 Å². The molecule has 12 nitrogen and oxygen atoms in total. The minimum atomic E-state index is -1.28. The van der Waals surface area contributed by atoms with E-state index in [9.17, 15) is 19.5 Å². The first-order valence-corrected chi connectivity index (χ1v) is 11.1. The van der Waals surface area contributed by atoms with Crippen LogP contribution in [0.5, 0.6) is 5.88 Å². The number of aromatic nitrogens is 3. The van der Waals surface area contributed by atoms with Crippen LogP contribution in [-0.2, 0) is 0 Å². The maximum atomic E-state index is 13.2. The molecule has 3 rings (SSSR count). The van der Waals surface area contributed by atoms with Gasteiger partial charge in [-0.1, -0.05) is 26.8 Å². The smallest absolute Gasteiger partial charge is 0.336 e. The fourth-order valence-electron chi connectivity index (χ4n) is 3.21. The number of carboxylic acid groups (broad SMARTS) is 1. The van der Waals surface area contributed by atoms with Gasteiger partial charge in [0.15, 0.2) is 11.7 Å². The molecule has 2 amide bonds. The topological polar surface area (TPSA) is 193 Å². The summed E-state index contributed by atoms with van der Waals surface area (Å²) in [6.45, 7) is 6.30. The number of rotatable bonds is 8. The Balaban J connectivity index is 2.01.